The Labute approximate surface area is 95.4 Å². The Bertz CT molecular complexity index is 314. The van der Waals surface area contributed by atoms with Gasteiger partial charge in [-0.25, -0.2) is 0 Å². The van der Waals surface area contributed by atoms with Crippen LogP contribution in [0.2, 0.25) is 0 Å². The number of nitrogens with one attached hydrogen (secondary N) is 1. The molecule has 0 heterocycles. The zero-order chi connectivity index (χ0) is 12.6. The number of rotatable bonds is 5. The number of amides is 1. The molecule has 2 N–H and O–H groups in total. The van der Waals surface area contributed by atoms with Gasteiger partial charge in [-0.2, -0.15) is 0 Å². The predicted molar refractivity (Wildman–Crippen MR) is 62.5 cm³/mol. The van der Waals surface area contributed by atoms with Crippen LogP contribution in [0.25, 0.3) is 0 Å². The highest BCUT2D eigenvalue weighted by atomic mass is 16.2. The molecular weight excluding hydrogens is 206 g/mol. The summed E-state index contributed by atoms with van der Waals surface area (Å²) >= 11 is 0. The Morgan fingerprint density at radius 2 is 1.94 bits per heavy atom. The van der Waals surface area contributed by atoms with Crippen LogP contribution >= 0.6 is 0 Å². The molecule has 0 saturated heterocycles. The summed E-state index contributed by atoms with van der Waals surface area (Å²) in [6.07, 6.45) is 6.70. The number of carbonyl (C=O) groups is 2. The number of aldehydes is 1. The Hall–Kier alpha value is -1.68. The summed E-state index contributed by atoms with van der Waals surface area (Å²) < 4.78 is 0. The smallest absolute Gasteiger partial charge is 0.237 e. The summed E-state index contributed by atoms with van der Waals surface area (Å²) in [4.78, 5) is 22.2. The average molecular weight is 223 g/mol. The average Bonchev–Trinajstić information content (AvgIpc) is 3.12. The monoisotopic (exact) mass is 223 g/mol. The van der Waals surface area contributed by atoms with E-state index in [-0.39, 0.29) is 5.91 Å². The van der Waals surface area contributed by atoms with Crippen LogP contribution in [-0.2, 0) is 9.59 Å². The molecule has 0 aliphatic heterocycles. The van der Waals surface area contributed by atoms with E-state index in [2.05, 4.69) is 18.5 Å². The minimum Gasteiger partial charge on any atom is -0.400 e. The molecule has 88 valence electrons. The third-order valence-electron chi connectivity index (χ3n) is 2.24. The standard InChI is InChI=1S/C11H13NO2.CH4O/c1-3-5-9(4-2)12-10(14)11(8-13)6-7-11;1-2/h3-5,8H,1-2,6-7H2,(H,12,14);2H,1H3/b9-5+;. The Balaban J connectivity index is 0.00000106. The lowest BCUT2D eigenvalue weighted by Gasteiger charge is -2.08. The fourth-order valence-electron chi connectivity index (χ4n) is 1.08. The molecule has 4 nitrogen and oxygen atoms in total. The number of aliphatic hydroxyl groups is 1. The van der Waals surface area contributed by atoms with Crippen LogP contribution in [-0.4, -0.2) is 24.4 Å². The van der Waals surface area contributed by atoms with Crippen molar-refractivity contribution in [1.29, 1.82) is 0 Å². The predicted octanol–water partition coefficient (Wildman–Crippen LogP) is 0.946. The van der Waals surface area contributed by atoms with Crippen LogP contribution in [0.4, 0.5) is 0 Å². The quantitative estimate of drug-likeness (QED) is 0.414. The second-order valence-electron chi connectivity index (χ2n) is 3.29. The molecule has 4 heteroatoms. The molecule has 0 spiro atoms. The molecule has 0 bridgehead atoms. The summed E-state index contributed by atoms with van der Waals surface area (Å²) in [7, 11) is 1.00. The van der Waals surface area contributed by atoms with E-state index in [0.29, 0.717) is 18.5 Å². The van der Waals surface area contributed by atoms with Gasteiger partial charge in [-0.1, -0.05) is 19.2 Å². The molecule has 0 aromatic heterocycles. The van der Waals surface area contributed by atoms with Crippen molar-refractivity contribution < 1.29 is 14.7 Å². The Morgan fingerprint density at radius 1 is 1.38 bits per heavy atom. The second kappa shape index (κ2) is 6.74. The van der Waals surface area contributed by atoms with Crippen molar-refractivity contribution in [3.05, 3.63) is 37.1 Å². The van der Waals surface area contributed by atoms with Gasteiger partial charge in [0.15, 0.2) is 0 Å². The topological polar surface area (TPSA) is 66.4 Å². The van der Waals surface area contributed by atoms with Gasteiger partial charge in [0.05, 0.1) is 0 Å². The van der Waals surface area contributed by atoms with Crippen LogP contribution in [0.5, 0.6) is 0 Å². The summed E-state index contributed by atoms with van der Waals surface area (Å²) in [5, 5.41) is 9.62. The largest absolute Gasteiger partial charge is 0.400 e. The van der Waals surface area contributed by atoms with E-state index in [1.165, 1.54) is 6.08 Å². The van der Waals surface area contributed by atoms with Crippen molar-refractivity contribution in [2.45, 2.75) is 12.8 Å². The lowest BCUT2D eigenvalue weighted by Crippen LogP contribution is -2.31. The van der Waals surface area contributed by atoms with E-state index in [4.69, 9.17) is 5.11 Å². The van der Waals surface area contributed by atoms with E-state index < -0.39 is 5.41 Å². The zero-order valence-electron chi connectivity index (χ0n) is 9.40. The second-order valence-corrected chi connectivity index (χ2v) is 3.29. The SMILES string of the molecule is C=C/C=C(\C=C)NC(=O)C1(C=O)CC1.CO. The van der Waals surface area contributed by atoms with Crippen LogP contribution in [0.3, 0.4) is 0 Å². The summed E-state index contributed by atoms with van der Waals surface area (Å²) in [6.45, 7) is 7.05. The first kappa shape index (κ1) is 14.3. The van der Waals surface area contributed by atoms with Gasteiger partial charge < -0.3 is 15.2 Å². The highest BCUT2D eigenvalue weighted by Gasteiger charge is 2.50. The van der Waals surface area contributed by atoms with Crippen molar-refractivity contribution in [2.75, 3.05) is 7.11 Å². The van der Waals surface area contributed by atoms with Crippen molar-refractivity contribution >= 4 is 12.2 Å². The first-order valence-corrected chi connectivity index (χ1v) is 4.86. The minimum atomic E-state index is -0.775. The van der Waals surface area contributed by atoms with E-state index >= 15 is 0 Å². The molecule has 1 aliphatic rings. The molecule has 0 unspecified atom stereocenters. The molecule has 16 heavy (non-hydrogen) atoms. The highest BCUT2D eigenvalue weighted by molar-refractivity contribution is 6.00. The van der Waals surface area contributed by atoms with Gasteiger partial charge in [-0.15, -0.1) is 0 Å². The van der Waals surface area contributed by atoms with Gasteiger partial charge in [-0.3, -0.25) is 4.79 Å². The third-order valence-corrected chi connectivity index (χ3v) is 2.24. The van der Waals surface area contributed by atoms with E-state index in [1.54, 1.807) is 12.2 Å². The summed E-state index contributed by atoms with van der Waals surface area (Å²) in [5.41, 5.74) is -0.207. The summed E-state index contributed by atoms with van der Waals surface area (Å²) in [6, 6.07) is 0. The van der Waals surface area contributed by atoms with Gasteiger partial charge in [-0.05, 0) is 25.0 Å². The Morgan fingerprint density at radius 3 is 2.25 bits per heavy atom. The molecule has 1 aliphatic carbocycles. The molecule has 0 atom stereocenters. The fourth-order valence-corrected chi connectivity index (χ4v) is 1.08. The van der Waals surface area contributed by atoms with Crippen LogP contribution in [0.15, 0.2) is 37.1 Å². The molecule has 0 radical (unpaired) electrons. The van der Waals surface area contributed by atoms with Gasteiger partial charge in [0.1, 0.15) is 11.7 Å². The van der Waals surface area contributed by atoms with Crippen LogP contribution in [0.1, 0.15) is 12.8 Å². The van der Waals surface area contributed by atoms with Gasteiger partial charge >= 0.3 is 0 Å². The van der Waals surface area contributed by atoms with Gasteiger partial charge in [0.2, 0.25) is 5.91 Å². The number of hydrogen-bond acceptors (Lipinski definition) is 3. The van der Waals surface area contributed by atoms with Crippen molar-refractivity contribution in [2.24, 2.45) is 5.41 Å². The first-order chi connectivity index (χ1) is 7.68. The van der Waals surface area contributed by atoms with E-state index in [0.717, 1.165) is 13.4 Å². The van der Waals surface area contributed by atoms with Crippen molar-refractivity contribution in [3.8, 4) is 0 Å². The molecule has 1 amide bonds. The maximum Gasteiger partial charge on any atom is 0.237 e. The highest BCUT2D eigenvalue weighted by Crippen LogP contribution is 2.43. The molecule has 0 aromatic rings. The Kier molecular flexibility index (Phi) is 6.03. The molecule has 0 aromatic carbocycles. The van der Waals surface area contributed by atoms with Gasteiger partial charge in [0, 0.05) is 12.8 Å². The number of hydrogen-bond donors (Lipinski definition) is 2. The van der Waals surface area contributed by atoms with Crippen molar-refractivity contribution in [1.82, 2.24) is 5.32 Å². The normalized spacial score (nSPS) is 16.2. The minimum absolute atomic E-state index is 0.250. The number of allylic oxidation sites excluding steroid dienone is 3. The molecule has 1 rings (SSSR count). The van der Waals surface area contributed by atoms with Crippen LogP contribution in [0, 0.1) is 5.41 Å². The number of carbonyl (C=O) groups excluding carboxylic acids is 2. The maximum atomic E-state index is 11.5. The molecule has 1 saturated carbocycles. The van der Waals surface area contributed by atoms with Crippen LogP contribution < -0.4 is 5.32 Å². The van der Waals surface area contributed by atoms with Gasteiger partial charge in [0.25, 0.3) is 0 Å². The summed E-state index contributed by atoms with van der Waals surface area (Å²) in [5.74, 6) is -0.250. The fraction of sp³-hybridized carbons (Fsp3) is 0.333. The maximum absolute atomic E-state index is 11.5. The molecular formula is C12H17NO3. The zero-order valence-corrected chi connectivity index (χ0v) is 9.40. The van der Waals surface area contributed by atoms with E-state index in [9.17, 15) is 9.59 Å². The van der Waals surface area contributed by atoms with E-state index in [1.807, 2.05) is 0 Å². The third kappa shape index (κ3) is 3.47. The number of aliphatic hydroxyl groups excluding tert-OH is 1. The lowest BCUT2D eigenvalue weighted by atomic mass is 10.1. The van der Waals surface area contributed by atoms with Crippen molar-refractivity contribution in [3.63, 3.8) is 0 Å². The molecule has 1 fully saturated rings. The first-order valence-electron chi connectivity index (χ1n) is 4.86. The lowest BCUT2D eigenvalue weighted by molar-refractivity contribution is -0.130.